The molecule has 0 atom stereocenters. The van der Waals surface area contributed by atoms with Gasteiger partial charge in [-0.25, -0.2) is 9.59 Å². The lowest BCUT2D eigenvalue weighted by Crippen LogP contribution is -2.36. The van der Waals surface area contributed by atoms with Crippen molar-refractivity contribution in [3.8, 4) is 0 Å². The molecule has 0 saturated heterocycles. The van der Waals surface area contributed by atoms with Crippen LogP contribution >= 0.6 is 0 Å². The second-order valence-corrected chi connectivity index (χ2v) is 5.32. The fourth-order valence-corrected chi connectivity index (χ4v) is 1.86. The molecule has 6 heteroatoms. The molecule has 0 bridgehead atoms. The summed E-state index contributed by atoms with van der Waals surface area (Å²) in [6.45, 7) is 8.06. The molecule has 0 spiro atoms. The van der Waals surface area contributed by atoms with Crippen LogP contribution in [0.1, 0.15) is 26.5 Å². The lowest BCUT2D eigenvalue weighted by Gasteiger charge is -2.24. The number of carbonyl (C=O) groups excluding carboxylic acids is 1. The molecule has 6 nitrogen and oxygen atoms in total. The number of carbonyl (C=O) groups is 1. The third-order valence-corrected chi connectivity index (χ3v) is 2.56. The van der Waals surface area contributed by atoms with Gasteiger partial charge in [-0.3, -0.25) is 9.47 Å². The number of nitrogens with zero attached hydrogens (tertiary/aromatic N) is 3. The minimum Gasteiger partial charge on any atom is -0.443 e. The number of ether oxygens (including phenoxy) is 1. The highest BCUT2D eigenvalue weighted by Gasteiger charge is 2.29. The molecular weight excluding hydrogens is 234 g/mol. The van der Waals surface area contributed by atoms with E-state index in [2.05, 4.69) is 4.98 Å². The fourth-order valence-electron chi connectivity index (χ4n) is 1.86. The normalized spacial score (nSPS) is 14.6. The predicted octanol–water partition coefficient (Wildman–Crippen LogP) is 1.31. The van der Waals surface area contributed by atoms with Crippen molar-refractivity contribution < 1.29 is 9.53 Å². The van der Waals surface area contributed by atoms with Crippen molar-refractivity contribution in [3.05, 3.63) is 22.2 Å². The first-order valence-electron chi connectivity index (χ1n) is 5.87. The first-order valence-corrected chi connectivity index (χ1v) is 5.87. The highest BCUT2D eigenvalue weighted by Crippen LogP contribution is 2.22. The largest absolute Gasteiger partial charge is 0.443 e. The molecule has 0 aliphatic carbocycles. The Kier molecular flexibility index (Phi) is 2.88. The molecule has 1 amide bonds. The molecule has 1 aromatic rings. The molecule has 18 heavy (non-hydrogen) atoms. The van der Waals surface area contributed by atoms with E-state index in [4.69, 9.17) is 4.74 Å². The zero-order chi connectivity index (χ0) is 13.5. The molecule has 2 rings (SSSR count). The number of amides is 1. The minimum atomic E-state index is -0.549. The van der Waals surface area contributed by atoms with E-state index < -0.39 is 11.7 Å². The third kappa shape index (κ3) is 2.37. The maximum Gasteiger partial charge on any atom is 0.416 e. The summed E-state index contributed by atoms with van der Waals surface area (Å²) in [6.07, 6.45) is -0.432. The Morgan fingerprint density at radius 1 is 1.39 bits per heavy atom. The van der Waals surface area contributed by atoms with Crippen LogP contribution in [0.4, 0.5) is 10.6 Å². The topological polar surface area (TPSA) is 64.4 Å². The average molecular weight is 251 g/mol. The summed E-state index contributed by atoms with van der Waals surface area (Å²) < 4.78 is 6.79. The van der Waals surface area contributed by atoms with Crippen molar-refractivity contribution in [2.24, 2.45) is 0 Å². The smallest absolute Gasteiger partial charge is 0.416 e. The van der Waals surface area contributed by atoms with E-state index >= 15 is 0 Å². The van der Waals surface area contributed by atoms with Crippen LogP contribution in [-0.4, -0.2) is 27.8 Å². The molecule has 98 valence electrons. The van der Waals surface area contributed by atoms with Crippen molar-refractivity contribution in [2.45, 2.75) is 39.8 Å². The van der Waals surface area contributed by atoms with Crippen molar-refractivity contribution in [2.75, 3.05) is 11.4 Å². The molecular formula is C12H17N3O3. The number of aryl methyl sites for hydroxylation is 1. The standard InChI is InChI=1S/C12H17N3O3/c1-8-7-9-14(10(16)13-8)5-6-15(9)11(17)18-12(2,3)4/h7H,5-6H2,1-4H3. The minimum absolute atomic E-state index is 0.323. The van der Waals surface area contributed by atoms with Gasteiger partial charge < -0.3 is 4.74 Å². The van der Waals surface area contributed by atoms with Gasteiger partial charge in [0.05, 0.1) is 0 Å². The summed E-state index contributed by atoms with van der Waals surface area (Å²) in [7, 11) is 0. The highest BCUT2D eigenvalue weighted by molar-refractivity contribution is 5.87. The second kappa shape index (κ2) is 4.12. The molecule has 0 saturated carbocycles. The quantitative estimate of drug-likeness (QED) is 0.697. The zero-order valence-corrected chi connectivity index (χ0v) is 11.1. The Morgan fingerprint density at radius 3 is 2.67 bits per heavy atom. The van der Waals surface area contributed by atoms with Gasteiger partial charge in [-0.15, -0.1) is 0 Å². The maximum absolute atomic E-state index is 12.0. The number of aromatic nitrogens is 2. The van der Waals surface area contributed by atoms with Crippen molar-refractivity contribution in [1.29, 1.82) is 0 Å². The molecule has 0 unspecified atom stereocenters. The number of hydrogen-bond acceptors (Lipinski definition) is 4. The lowest BCUT2D eigenvalue weighted by molar-refractivity contribution is 0.0584. The van der Waals surface area contributed by atoms with E-state index in [0.29, 0.717) is 24.6 Å². The first-order chi connectivity index (χ1) is 8.28. The highest BCUT2D eigenvalue weighted by atomic mass is 16.6. The molecule has 0 N–H and O–H groups in total. The predicted molar refractivity (Wildman–Crippen MR) is 66.8 cm³/mol. The average Bonchev–Trinajstić information content (AvgIpc) is 2.58. The number of anilines is 1. The first kappa shape index (κ1) is 12.6. The Morgan fingerprint density at radius 2 is 2.06 bits per heavy atom. The van der Waals surface area contributed by atoms with Crippen LogP contribution in [-0.2, 0) is 11.3 Å². The SMILES string of the molecule is Cc1cc2n(c(=O)n1)CCN2C(=O)OC(C)(C)C. The van der Waals surface area contributed by atoms with Gasteiger partial charge in [0.1, 0.15) is 11.4 Å². The monoisotopic (exact) mass is 251 g/mol. The Labute approximate surface area is 105 Å². The summed E-state index contributed by atoms with van der Waals surface area (Å²) in [5.74, 6) is 0.557. The number of hydrogen-bond donors (Lipinski definition) is 0. The summed E-state index contributed by atoms with van der Waals surface area (Å²) in [6, 6.07) is 1.72. The van der Waals surface area contributed by atoms with Crippen LogP contribution in [0.2, 0.25) is 0 Å². The van der Waals surface area contributed by atoms with E-state index in [1.54, 1.807) is 13.0 Å². The molecule has 1 aliphatic heterocycles. The van der Waals surface area contributed by atoms with Gasteiger partial charge in [0.15, 0.2) is 0 Å². The van der Waals surface area contributed by atoms with Crippen LogP contribution in [0.3, 0.4) is 0 Å². The van der Waals surface area contributed by atoms with E-state index in [0.717, 1.165) is 0 Å². The molecule has 1 aliphatic rings. The van der Waals surface area contributed by atoms with Gasteiger partial charge in [0.25, 0.3) is 0 Å². The summed E-state index contributed by atoms with van der Waals surface area (Å²) in [5.41, 5.74) is -0.273. The van der Waals surface area contributed by atoms with Crippen LogP contribution in [0.25, 0.3) is 0 Å². The molecule has 0 aromatic carbocycles. The van der Waals surface area contributed by atoms with Gasteiger partial charge >= 0.3 is 11.8 Å². The Balaban J connectivity index is 2.32. The zero-order valence-electron chi connectivity index (χ0n) is 11.1. The molecule has 2 heterocycles. The van der Waals surface area contributed by atoms with Gasteiger partial charge in [-0.1, -0.05) is 0 Å². The number of rotatable bonds is 0. The van der Waals surface area contributed by atoms with Crippen LogP contribution in [0.5, 0.6) is 0 Å². The van der Waals surface area contributed by atoms with Crippen LogP contribution in [0.15, 0.2) is 10.9 Å². The fraction of sp³-hybridized carbons (Fsp3) is 0.583. The van der Waals surface area contributed by atoms with E-state index in [1.807, 2.05) is 20.8 Å². The van der Waals surface area contributed by atoms with Crippen LogP contribution < -0.4 is 10.6 Å². The Hall–Kier alpha value is -1.85. The Bertz CT molecular complexity index is 542. The maximum atomic E-state index is 12.0. The van der Waals surface area contributed by atoms with Crippen molar-refractivity contribution in [1.82, 2.24) is 9.55 Å². The van der Waals surface area contributed by atoms with Crippen LogP contribution in [0, 0.1) is 6.92 Å². The third-order valence-electron chi connectivity index (χ3n) is 2.56. The summed E-state index contributed by atoms with van der Waals surface area (Å²) in [5, 5.41) is 0. The van der Waals surface area contributed by atoms with E-state index in [-0.39, 0.29) is 5.69 Å². The van der Waals surface area contributed by atoms with Gasteiger partial charge in [-0.2, -0.15) is 4.98 Å². The molecule has 0 fully saturated rings. The molecule has 0 radical (unpaired) electrons. The van der Waals surface area contributed by atoms with Crippen molar-refractivity contribution >= 4 is 11.9 Å². The van der Waals surface area contributed by atoms with Crippen molar-refractivity contribution in [3.63, 3.8) is 0 Å². The van der Waals surface area contributed by atoms with Gasteiger partial charge in [-0.05, 0) is 27.7 Å². The van der Waals surface area contributed by atoms with E-state index in [1.165, 1.54) is 9.47 Å². The summed E-state index contributed by atoms with van der Waals surface area (Å²) in [4.78, 5) is 29.0. The van der Waals surface area contributed by atoms with Gasteiger partial charge in [0.2, 0.25) is 0 Å². The second-order valence-electron chi connectivity index (χ2n) is 5.32. The summed E-state index contributed by atoms with van der Waals surface area (Å²) >= 11 is 0. The van der Waals surface area contributed by atoms with E-state index in [9.17, 15) is 9.59 Å². The number of fused-ring (bicyclic) bond motifs is 1. The van der Waals surface area contributed by atoms with Gasteiger partial charge in [0, 0.05) is 24.8 Å². The molecule has 1 aromatic heterocycles. The lowest BCUT2D eigenvalue weighted by atomic mass is 10.2.